The highest BCUT2D eigenvalue weighted by atomic mass is 16.5. The van der Waals surface area contributed by atoms with Gasteiger partial charge in [-0.3, -0.25) is 9.59 Å². The third-order valence-electron chi connectivity index (χ3n) is 8.33. The van der Waals surface area contributed by atoms with E-state index in [1.807, 2.05) is 30.3 Å². The molecule has 0 radical (unpaired) electrons. The van der Waals surface area contributed by atoms with Crippen molar-refractivity contribution >= 4 is 11.8 Å². The molecule has 1 aliphatic heterocycles. The molecule has 2 aliphatic carbocycles. The number of allylic oxidation sites excluding steroid dienone is 2. The summed E-state index contributed by atoms with van der Waals surface area (Å²) in [6.07, 6.45) is 4.57. The van der Waals surface area contributed by atoms with Gasteiger partial charge in [0.05, 0.1) is 28.4 Å². The van der Waals surface area contributed by atoms with E-state index in [-0.39, 0.29) is 23.8 Å². The quantitative estimate of drug-likeness (QED) is 0.438. The fourth-order valence-electron chi connectivity index (χ4n) is 6.32. The summed E-state index contributed by atoms with van der Waals surface area (Å²) in [5.74, 6) is 0.565. The number of esters is 1. The fourth-order valence-corrected chi connectivity index (χ4v) is 6.32. The van der Waals surface area contributed by atoms with Gasteiger partial charge < -0.3 is 29.0 Å². The van der Waals surface area contributed by atoms with Crippen LogP contribution in [0.15, 0.2) is 59.9 Å². The van der Waals surface area contributed by atoms with Crippen molar-refractivity contribution in [3.05, 3.63) is 71.1 Å². The molecule has 3 aliphatic rings. The van der Waals surface area contributed by atoms with Crippen LogP contribution in [-0.2, 0) is 14.3 Å². The summed E-state index contributed by atoms with van der Waals surface area (Å²) in [6.45, 7) is 4.26. The molecule has 3 unspecified atom stereocenters. The average molecular weight is 548 g/mol. The molecule has 0 bridgehead atoms. The van der Waals surface area contributed by atoms with Gasteiger partial charge in [-0.05, 0) is 61.8 Å². The summed E-state index contributed by atoms with van der Waals surface area (Å²) < 4.78 is 28.0. The molecule has 0 aromatic heterocycles. The number of ketones is 1. The molecule has 40 heavy (non-hydrogen) atoms. The molecule has 5 rings (SSSR count). The summed E-state index contributed by atoms with van der Waals surface area (Å²) in [7, 11) is 6.35. The Morgan fingerprint density at radius 3 is 2.27 bits per heavy atom. The maximum absolute atomic E-state index is 14.0. The zero-order chi connectivity index (χ0) is 28.4. The third kappa shape index (κ3) is 5.15. The van der Waals surface area contributed by atoms with Gasteiger partial charge in [-0.25, -0.2) is 0 Å². The third-order valence-corrected chi connectivity index (χ3v) is 8.33. The molecule has 0 amide bonds. The Kier molecular flexibility index (Phi) is 8.05. The van der Waals surface area contributed by atoms with E-state index in [1.165, 1.54) is 0 Å². The van der Waals surface area contributed by atoms with Crippen LogP contribution in [0.4, 0.5) is 0 Å². The topological polar surface area (TPSA) is 92.3 Å². The van der Waals surface area contributed by atoms with Crippen molar-refractivity contribution in [1.82, 2.24) is 5.32 Å². The molecule has 3 atom stereocenters. The number of ether oxygens (including phenoxy) is 5. The second-order valence-electron chi connectivity index (χ2n) is 10.6. The van der Waals surface area contributed by atoms with E-state index in [9.17, 15) is 9.59 Å². The second kappa shape index (κ2) is 11.7. The van der Waals surface area contributed by atoms with Crippen molar-refractivity contribution in [1.29, 1.82) is 0 Å². The highest BCUT2D eigenvalue weighted by Crippen LogP contribution is 2.50. The van der Waals surface area contributed by atoms with Gasteiger partial charge in [0.2, 0.25) is 0 Å². The van der Waals surface area contributed by atoms with Gasteiger partial charge in [-0.1, -0.05) is 18.7 Å². The van der Waals surface area contributed by atoms with Gasteiger partial charge in [0, 0.05) is 40.9 Å². The number of Topliss-reactive ketones (excluding diaryl/α,β-unsaturated/α-hetero) is 1. The maximum Gasteiger partial charge on any atom is 0.316 e. The van der Waals surface area contributed by atoms with Crippen LogP contribution < -0.4 is 24.3 Å². The van der Waals surface area contributed by atoms with Crippen molar-refractivity contribution in [3.63, 3.8) is 0 Å². The van der Waals surface area contributed by atoms with E-state index >= 15 is 0 Å². The molecule has 1 saturated carbocycles. The molecule has 1 N–H and O–H groups in total. The van der Waals surface area contributed by atoms with E-state index in [0.29, 0.717) is 47.1 Å². The minimum absolute atomic E-state index is 0.0254. The normalized spacial score (nSPS) is 22.9. The van der Waals surface area contributed by atoms with E-state index in [1.54, 1.807) is 34.5 Å². The van der Waals surface area contributed by atoms with Crippen LogP contribution in [0.2, 0.25) is 0 Å². The van der Waals surface area contributed by atoms with E-state index in [2.05, 4.69) is 11.9 Å². The Hall–Kier alpha value is -3.94. The van der Waals surface area contributed by atoms with Gasteiger partial charge in [0.1, 0.15) is 23.5 Å². The first-order valence-corrected chi connectivity index (χ1v) is 13.7. The number of rotatable bonds is 8. The summed E-state index contributed by atoms with van der Waals surface area (Å²) in [5, 5.41) is 3.36. The molecule has 2 aromatic rings. The predicted octanol–water partition coefficient (Wildman–Crippen LogP) is 5.42. The van der Waals surface area contributed by atoms with Gasteiger partial charge in [0.15, 0.2) is 17.3 Å². The Morgan fingerprint density at radius 1 is 0.875 bits per heavy atom. The van der Waals surface area contributed by atoms with Gasteiger partial charge in [-0.2, -0.15) is 0 Å². The fraction of sp³-hybridized carbons (Fsp3) is 0.438. The van der Waals surface area contributed by atoms with Crippen LogP contribution in [-0.4, -0.2) is 46.3 Å². The minimum atomic E-state index is -0.775. The molecule has 8 heteroatoms. The lowest BCUT2D eigenvalue weighted by atomic mass is 9.68. The molecular weight excluding hydrogens is 510 g/mol. The number of hydrogen-bond donors (Lipinski definition) is 1. The molecule has 0 spiro atoms. The lowest BCUT2D eigenvalue weighted by molar-refractivity contribution is -0.153. The van der Waals surface area contributed by atoms with E-state index in [4.69, 9.17) is 23.7 Å². The van der Waals surface area contributed by atoms with Crippen molar-refractivity contribution in [2.24, 2.45) is 5.92 Å². The lowest BCUT2D eigenvalue weighted by Gasteiger charge is -2.40. The number of methoxy groups -OCH3 is 4. The van der Waals surface area contributed by atoms with Crippen LogP contribution in [0.1, 0.15) is 61.5 Å². The Balaban J connectivity index is 1.57. The monoisotopic (exact) mass is 547 g/mol. The van der Waals surface area contributed by atoms with Gasteiger partial charge >= 0.3 is 5.97 Å². The van der Waals surface area contributed by atoms with Gasteiger partial charge in [-0.15, -0.1) is 0 Å². The zero-order valence-corrected chi connectivity index (χ0v) is 23.6. The zero-order valence-electron chi connectivity index (χ0n) is 23.6. The molecule has 2 aromatic carbocycles. The highest BCUT2D eigenvalue weighted by molar-refractivity contribution is 6.01. The highest BCUT2D eigenvalue weighted by Gasteiger charge is 2.47. The van der Waals surface area contributed by atoms with Crippen LogP contribution >= 0.6 is 0 Å². The maximum atomic E-state index is 14.0. The minimum Gasteiger partial charge on any atom is -0.497 e. The first-order chi connectivity index (χ1) is 19.4. The molecule has 8 nitrogen and oxygen atoms in total. The van der Waals surface area contributed by atoms with Crippen LogP contribution in [0.5, 0.6) is 23.0 Å². The largest absolute Gasteiger partial charge is 0.497 e. The van der Waals surface area contributed by atoms with E-state index < -0.39 is 11.8 Å². The summed E-state index contributed by atoms with van der Waals surface area (Å²) in [4.78, 5) is 27.7. The summed E-state index contributed by atoms with van der Waals surface area (Å²) in [5.41, 5.74) is 3.58. The Bertz CT molecular complexity index is 1340. The molecular formula is C32H37NO7. The Morgan fingerprint density at radius 2 is 1.60 bits per heavy atom. The molecule has 0 saturated heterocycles. The van der Waals surface area contributed by atoms with Crippen molar-refractivity contribution in [2.45, 2.75) is 56.5 Å². The van der Waals surface area contributed by atoms with Crippen molar-refractivity contribution in [3.8, 4) is 23.0 Å². The second-order valence-corrected chi connectivity index (χ2v) is 10.6. The first kappa shape index (κ1) is 27.6. The van der Waals surface area contributed by atoms with Crippen LogP contribution in [0.25, 0.3) is 0 Å². The molecule has 1 fully saturated rings. The van der Waals surface area contributed by atoms with Crippen LogP contribution in [0.3, 0.4) is 0 Å². The first-order valence-electron chi connectivity index (χ1n) is 13.7. The number of carbonyl (C=O) groups excluding carboxylic acids is 2. The number of nitrogens with one attached hydrogen (secondary N) is 1. The van der Waals surface area contributed by atoms with Gasteiger partial charge in [0.25, 0.3) is 0 Å². The van der Waals surface area contributed by atoms with Crippen molar-refractivity contribution in [2.75, 3.05) is 28.4 Å². The Labute approximate surface area is 235 Å². The van der Waals surface area contributed by atoms with Crippen LogP contribution in [0, 0.1) is 5.92 Å². The standard InChI is InChI=1S/C32H37NO7/c1-18-29(32(35)40-21-8-6-7-9-21)30(23-12-11-22(36-2)17-27(23)38-4)31-24(33-18)14-20(15-25(31)34)19-10-13-26(37-3)28(16-19)39-5/h10-13,16-17,20-21,29-30,33H,1,6-9,14-15H2,2-5H3. The van der Waals surface area contributed by atoms with Crippen molar-refractivity contribution < 1.29 is 33.3 Å². The van der Waals surface area contributed by atoms with E-state index in [0.717, 1.165) is 42.5 Å². The number of benzene rings is 2. The lowest BCUT2D eigenvalue weighted by Crippen LogP contribution is -2.42. The SMILES string of the molecule is C=C1NC2=C(C(=O)CC(c3ccc(OC)c(OC)c3)C2)C(c2ccc(OC)cc2OC)C1C(=O)OC1CCCC1. The average Bonchev–Trinajstić information content (AvgIpc) is 3.48. The predicted molar refractivity (Wildman–Crippen MR) is 150 cm³/mol. The molecule has 1 heterocycles. The summed E-state index contributed by atoms with van der Waals surface area (Å²) >= 11 is 0. The number of carbonyl (C=O) groups is 2. The summed E-state index contributed by atoms with van der Waals surface area (Å²) in [6, 6.07) is 11.2. The number of hydrogen-bond acceptors (Lipinski definition) is 8. The smallest absolute Gasteiger partial charge is 0.316 e. The molecule has 212 valence electrons.